The van der Waals surface area contributed by atoms with Gasteiger partial charge >= 0.3 is 0 Å². The summed E-state index contributed by atoms with van der Waals surface area (Å²) in [5.41, 5.74) is 0. The highest BCUT2D eigenvalue weighted by Crippen LogP contribution is 2.26. The van der Waals surface area contributed by atoms with Gasteiger partial charge in [-0.15, -0.1) is 0 Å². The first-order valence-electron chi connectivity index (χ1n) is 6.79. The summed E-state index contributed by atoms with van der Waals surface area (Å²) in [6, 6.07) is 0.525. The van der Waals surface area contributed by atoms with Gasteiger partial charge in [0.05, 0.1) is 5.75 Å². The van der Waals surface area contributed by atoms with Gasteiger partial charge in [0.2, 0.25) is 0 Å². The molecule has 0 amide bonds. The number of nitrogens with one attached hydrogen (secondary N) is 1. The summed E-state index contributed by atoms with van der Waals surface area (Å²) in [5, 5.41) is 3.51. The molecule has 1 rings (SSSR count). The zero-order valence-electron chi connectivity index (χ0n) is 11.4. The molecule has 0 radical (unpaired) electrons. The van der Waals surface area contributed by atoms with E-state index < -0.39 is 9.84 Å². The van der Waals surface area contributed by atoms with Crippen LogP contribution in [0.15, 0.2) is 0 Å². The second-order valence-corrected chi connectivity index (χ2v) is 7.98. The van der Waals surface area contributed by atoms with Crippen molar-refractivity contribution in [2.24, 2.45) is 11.8 Å². The lowest BCUT2D eigenvalue weighted by Gasteiger charge is -2.29. The summed E-state index contributed by atoms with van der Waals surface area (Å²) in [5.74, 6) is 1.28. The molecule has 0 heterocycles. The van der Waals surface area contributed by atoms with Crippen molar-refractivity contribution in [1.82, 2.24) is 5.32 Å². The van der Waals surface area contributed by atoms with Crippen LogP contribution in [0.2, 0.25) is 0 Å². The van der Waals surface area contributed by atoms with Gasteiger partial charge in [0.25, 0.3) is 0 Å². The first-order chi connectivity index (χ1) is 7.88. The van der Waals surface area contributed by atoms with Crippen LogP contribution in [-0.2, 0) is 9.84 Å². The van der Waals surface area contributed by atoms with Gasteiger partial charge in [-0.05, 0) is 38.1 Å². The highest BCUT2D eigenvalue weighted by molar-refractivity contribution is 7.90. The van der Waals surface area contributed by atoms with Gasteiger partial charge in [0.15, 0.2) is 0 Å². The van der Waals surface area contributed by atoms with Crippen LogP contribution in [0.1, 0.15) is 46.0 Å². The van der Waals surface area contributed by atoms with Crippen molar-refractivity contribution in [2.75, 3.05) is 18.6 Å². The highest BCUT2D eigenvalue weighted by Gasteiger charge is 2.20. The Morgan fingerprint density at radius 1 is 1.18 bits per heavy atom. The predicted octanol–water partition coefficient (Wildman–Crippen LogP) is 2.23. The molecule has 1 fully saturated rings. The third-order valence-corrected chi connectivity index (χ3v) is 4.91. The van der Waals surface area contributed by atoms with Gasteiger partial charge in [-0.2, -0.15) is 0 Å². The van der Waals surface area contributed by atoms with Crippen molar-refractivity contribution in [3.63, 3.8) is 0 Å². The molecule has 0 aromatic heterocycles. The molecule has 0 saturated heterocycles. The molecule has 17 heavy (non-hydrogen) atoms. The summed E-state index contributed by atoms with van der Waals surface area (Å²) in [4.78, 5) is 0. The van der Waals surface area contributed by atoms with Gasteiger partial charge < -0.3 is 5.32 Å². The molecule has 0 aromatic carbocycles. The van der Waals surface area contributed by atoms with E-state index in [4.69, 9.17) is 0 Å². The van der Waals surface area contributed by atoms with E-state index in [9.17, 15) is 8.42 Å². The van der Waals surface area contributed by atoms with Crippen LogP contribution >= 0.6 is 0 Å². The van der Waals surface area contributed by atoms with Gasteiger partial charge in [-0.1, -0.05) is 26.2 Å². The topological polar surface area (TPSA) is 46.2 Å². The lowest BCUT2D eigenvalue weighted by atomic mass is 9.84. The largest absolute Gasteiger partial charge is 0.314 e. The Bertz CT molecular complexity index is 307. The zero-order chi connectivity index (χ0) is 12.9. The number of sulfone groups is 1. The summed E-state index contributed by atoms with van der Waals surface area (Å²) in [7, 11) is -2.84. The molecule has 0 aliphatic heterocycles. The van der Waals surface area contributed by atoms with E-state index >= 15 is 0 Å². The van der Waals surface area contributed by atoms with Crippen molar-refractivity contribution < 1.29 is 8.42 Å². The van der Waals surface area contributed by atoms with E-state index in [2.05, 4.69) is 12.2 Å². The normalized spacial score (nSPS) is 22.3. The third-order valence-electron chi connectivity index (χ3n) is 3.73. The Kier molecular flexibility index (Phi) is 5.93. The van der Waals surface area contributed by atoms with Crippen molar-refractivity contribution in [1.29, 1.82) is 0 Å². The van der Waals surface area contributed by atoms with Gasteiger partial charge in [-0.25, -0.2) is 8.42 Å². The third kappa shape index (κ3) is 6.41. The van der Waals surface area contributed by atoms with Crippen molar-refractivity contribution >= 4 is 9.84 Å². The second-order valence-electron chi connectivity index (χ2n) is 5.79. The molecule has 3 nitrogen and oxygen atoms in total. The Balaban J connectivity index is 2.24. The maximum absolute atomic E-state index is 11.2. The van der Waals surface area contributed by atoms with E-state index in [0.717, 1.165) is 12.5 Å². The Labute approximate surface area is 106 Å². The molecule has 0 spiro atoms. The predicted molar refractivity (Wildman–Crippen MR) is 72.9 cm³/mol. The van der Waals surface area contributed by atoms with E-state index in [1.54, 1.807) is 0 Å². The fourth-order valence-electron chi connectivity index (χ4n) is 2.76. The van der Waals surface area contributed by atoms with Crippen LogP contribution < -0.4 is 5.32 Å². The monoisotopic (exact) mass is 261 g/mol. The van der Waals surface area contributed by atoms with E-state index in [0.29, 0.717) is 6.04 Å². The van der Waals surface area contributed by atoms with Crippen molar-refractivity contribution in [3.05, 3.63) is 0 Å². The van der Waals surface area contributed by atoms with E-state index in [1.807, 2.05) is 6.92 Å². The minimum Gasteiger partial charge on any atom is -0.314 e. The molecular formula is C13H27NO2S. The first-order valence-corrected chi connectivity index (χ1v) is 8.85. The molecule has 1 aliphatic rings. The fraction of sp³-hybridized carbons (Fsp3) is 1.00. The molecule has 102 valence electrons. The SMILES string of the molecule is C[C@@H](CN[C@H](C)C1CCCCC1)CS(C)(=O)=O. The number of rotatable bonds is 6. The smallest absolute Gasteiger partial charge is 0.147 e. The summed E-state index contributed by atoms with van der Waals surface area (Å²) in [6.45, 7) is 5.05. The van der Waals surface area contributed by atoms with Crippen molar-refractivity contribution in [3.8, 4) is 0 Å². The summed E-state index contributed by atoms with van der Waals surface area (Å²) >= 11 is 0. The van der Waals surface area contributed by atoms with Crippen LogP contribution in [0, 0.1) is 11.8 Å². The molecule has 0 aromatic rings. The maximum atomic E-state index is 11.2. The molecule has 0 unspecified atom stereocenters. The Morgan fingerprint density at radius 3 is 2.29 bits per heavy atom. The van der Waals surface area contributed by atoms with Crippen LogP contribution in [0.25, 0.3) is 0 Å². The molecule has 0 bridgehead atoms. The maximum Gasteiger partial charge on any atom is 0.147 e. The second kappa shape index (κ2) is 6.74. The van der Waals surface area contributed by atoms with Gasteiger partial charge in [0, 0.05) is 12.3 Å². The standard InChI is InChI=1S/C13H27NO2S/c1-11(10-17(3,15)16)9-14-12(2)13-7-5-4-6-8-13/h11-14H,4-10H2,1-3H3/t11-,12+/m0/s1. The summed E-state index contributed by atoms with van der Waals surface area (Å²) < 4.78 is 22.3. The molecule has 2 atom stereocenters. The molecule has 4 heteroatoms. The molecule has 1 aliphatic carbocycles. The Morgan fingerprint density at radius 2 is 1.76 bits per heavy atom. The van der Waals surface area contributed by atoms with Crippen molar-refractivity contribution in [2.45, 2.75) is 52.0 Å². The number of hydrogen-bond acceptors (Lipinski definition) is 3. The van der Waals surface area contributed by atoms with Gasteiger partial charge in [0.1, 0.15) is 9.84 Å². The van der Waals surface area contributed by atoms with Crippen LogP contribution in [-0.4, -0.2) is 33.0 Å². The van der Waals surface area contributed by atoms with Crippen LogP contribution in [0.3, 0.4) is 0 Å². The lowest BCUT2D eigenvalue weighted by Crippen LogP contribution is -2.38. The first kappa shape index (κ1) is 15.0. The average molecular weight is 261 g/mol. The van der Waals surface area contributed by atoms with Gasteiger partial charge in [-0.3, -0.25) is 0 Å². The molecular weight excluding hydrogens is 234 g/mol. The quantitative estimate of drug-likeness (QED) is 0.797. The average Bonchev–Trinajstić information content (AvgIpc) is 2.25. The summed E-state index contributed by atoms with van der Waals surface area (Å²) in [6.07, 6.45) is 8.07. The zero-order valence-corrected chi connectivity index (χ0v) is 12.2. The van der Waals surface area contributed by atoms with Crippen LogP contribution in [0.4, 0.5) is 0 Å². The minimum atomic E-state index is -2.84. The fourth-order valence-corrected chi connectivity index (χ4v) is 3.92. The Hall–Kier alpha value is -0.0900. The minimum absolute atomic E-state index is 0.205. The van der Waals surface area contributed by atoms with E-state index in [-0.39, 0.29) is 11.7 Å². The van der Waals surface area contributed by atoms with Crippen LogP contribution in [0.5, 0.6) is 0 Å². The highest BCUT2D eigenvalue weighted by atomic mass is 32.2. The lowest BCUT2D eigenvalue weighted by molar-refractivity contribution is 0.276. The molecule has 1 N–H and O–H groups in total. The van der Waals surface area contributed by atoms with E-state index in [1.165, 1.54) is 38.4 Å². The molecule has 1 saturated carbocycles. The number of hydrogen-bond donors (Lipinski definition) is 1.